The van der Waals surface area contributed by atoms with E-state index in [0.29, 0.717) is 0 Å². The molecule has 2 aromatic carbocycles. The monoisotopic (exact) mass is 371 g/mol. The number of rotatable bonds is 3. The molecule has 6 heteroatoms. The topological polar surface area (TPSA) is 28.2 Å². The molecule has 0 bridgehead atoms. The Balaban J connectivity index is 1.82. The normalized spacial score (nSPS) is 17.1. The van der Waals surface area contributed by atoms with Gasteiger partial charge in [0.2, 0.25) is 0 Å². The van der Waals surface area contributed by atoms with E-state index in [9.17, 15) is 13.2 Å². The van der Waals surface area contributed by atoms with Crippen LogP contribution >= 0.6 is 0 Å². The summed E-state index contributed by atoms with van der Waals surface area (Å²) in [5.41, 5.74) is 2.20. The molecular formula is C21H20F3N3. The summed E-state index contributed by atoms with van der Waals surface area (Å²) in [5, 5.41) is 4.37. The second-order valence-electron chi connectivity index (χ2n) is 6.73. The Morgan fingerprint density at radius 1 is 0.926 bits per heavy atom. The molecule has 3 nitrogen and oxygen atoms in total. The molecule has 1 aliphatic heterocycles. The minimum atomic E-state index is -4.33. The van der Waals surface area contributed by atoms with Crippen molar-refractivity contribution in [1.29, 1.82) is 0 Å². The number of hydrogen-bond donors (Lipinski definition) is 1. The van der Waals surface area contributed by atoms with Crippen LogP contribution in [0, 0.1) is 0 Å². The molecule has 2 heterocycles. The molecule has 0 radical (unpaired) electrons. The van der Waals surface area contributed by atoms with Crippen LogP contribution in [0.3, 0.4) is 0 Å². The molecule has 1 N–H and O–H groups in total. The van der Waals surface area contributed by atoms with E-state index in [0.717, 1.165) is 48.2 Å². The lowest BCUT2D eigenvalue weighted by atomic mass is 9.93. The van der Waals surface area contributed by atoms with Crippen molar-refractivity contribution in [1.82, 2.24) is 15.2 Å². The number of para-hydroxylation sites is 1. The number of nitrogens with one attached hydrogen (secondary N) is 1. The molecule has 1 aromatic heterocycles. The van der Waals surface area contributed by atoms with Gasteiger partial charge < -0.3 is 5.32 Å². The van der Waals surface area contributed by atoms with Crippen LogP contribution < -0.4 is 5.32 Å². The van der Waals surface area contributed by atoms with Crippen LogP contribution in [-0.2, 0) is 6.18 Å². The van der Waals surface area contributed by atoms with Gasteiger partial charge in [0, 0.05) is 37.8 Å². The molecule has 0 spiro atoms. The number of nitrogens with zero attached hydrogens (tertiary/aromatic N) is 2. The molecule has 1 atom stereocenters. The second-order valence-corrected chi connectivity index (χ2v) is 6.73. The van der Waals surface area contributed by atoms with Crippen LogP contribution in [0.5, 0.6) is 0 Å². The van der Waals surface area contributed by atoms with Crippen LogP contribution in [0.15, 0.2) is 60.8 Å². The number of aromatic nitrogens is 1. The first kappa shape index (κ1) is 17.9. The van der Waals surface area contributed by atoms with Crippen LogP contribution in [0.1, 0.15) is 22.7 Å². The van der Waals surface area contributed by atoms with Gasteiger partial charge in [-0.2, -0.15) is 13.2 Å². The smallest absolute Gasteiger partial charge is 0.314 e. The van der Waals surface area contributed by atoms with Crippen molar-refractivity contribution in [3.05, 3.63) is 77.5 Å². The molecule has 0 amide bonds. The van der Waals surface area contributed by atoms with Gasteiger partial charge in [-0.1, -0.05) is 30.3 Å². The lowest BCUT2D eigenvalue weighted by Gasteiger charge is -2.36. The molecule has 0 aliphatic carbocycles. The molecule has 1 aliphatic rings. The Morgan fingerprint density at radius 3 is 2.33 bits per heavy atom. The zero-order valence-electron chi connectivity index (χ0n) is 14.7. The minimum Gasteiger partial charge on any atom is -0.314 e. The van der Waals surface area contributed by atoms with Crippen molar-refractivity contribution in [3.63, 3.8) is 0 Å². The minimum absolute atomic E-state index is 0.109. The van der Waals surface area contributed by atoms with Crippen molar-refractivity contribution in [2.45, 2.75) is 12.2 Å². The predicted molar refractivity (Wildman–Crippen MR) is 99.5 cm³/mol. The second kappa shape index (κ2) is 7.29. The summed E-state index contributed by atoms with van der Waals surface area (Å²) in [7, 11) is 0. The van der Waals surface area contributed by atoms with E-state index in [1.807, 2.05) is 30.3 Å². The van der Waals surface area contributed by atoms with E-state index >= 15 is 0 Å². The number of fused-ring (bicyclic) bond motifs is 1. The predicted octanol–water partition coefficient (Wildman–Crippen LogP) is 4.25. The number of piperazine rings is 1. The van der Waals surface area contributed by atoms with E-state index in [1.165, 1.54) is 12.1 Å². The van der Waals surface area contributed by atoms with E-state index in [1.54, 1.807) is 18.3 Å². The Hall–Kier alpha value is -2.44. The van der Waals surface area contributed by atoms with Gasteiger partial charge >= 0.3 is 6.18 Å². The highest BCUT2D eigenvalue weighted by Crippen LogP contribution is 2.35. The number of benzene rings is 2. The molecule has 27 heavy (non-hydrogen) atoms. The number of alkyl halides is 3. The number of pyridine rings is 1. The molecule has 1 unspecified atom stereocenters. The lowest BCUT2D eigenvalue weighted by molar-refractivity contribution is -0.137. The van der Waals surface area contributed by atoms with Crippen molar-refractivity contribution in [2.75, 3.05) is 26.2 Å². The molecule has 140 valence electrons. The fourth-order valence-electron chi connectivity index (χ4n) is 3.74. The third kappa shape index (κ3) is 3.68. The average molecular weight is 371 g/mol. The Bertz CT molecular complexity index is 911. The first-order valence-electron chi connectivity index (χ1n) is 8.99. The van der Waals surface area contributed by atoms with Gasteiger partial charge in [-0.05, 0) is 35.4 Å². The molecule has 3 aromatic rings. The molecule has 4 rings (SSSR count). The highest BCUT2D eigenvalue weighted by Gasteiger charge is 2.31. The summed E-state index contributed by atoms with van der Waals surface area (Å²) in [6, 6.07) is 15.3. The zero-order chi connectivity index (χ0) is 18.9. The molecular weight excluding hydrogens is 351 g/mol. The highest BCUT2D eigenvalue weighted by atomic mass is 19.4. The van der Waals surface area contributed by atoms with Crippen LogP contribution in [0.2, 0.25) is 0 Å². The van der Waals surface area contributed by atoms with Gasteiger partial charge in [0.15, 0.2) is 0 Å². The van der Waals surface area contributed by atoms with Gasteiger partial charge in [-0.3, -0.25) is 9.88 Å². The Labute approximate surface area is 155 Å². The average Bonchev–Trinajstić information content (AvgIpc) is 2.69. The summed E-state index contributed by atoms with van der Waals surface area (Å²) in [6.07, 6.45) is -2.55. The fraction of sp³-hybridized carbons (Fsp3) is 0.286. The van der Waals surface area contributed by atoms with E-state index in [4.69, 9.17) is 0 Å². The SMILES string of the molecule is FC(F)(F)c1ccc(C(c2ccnc3ccccc23)N2CCNCC2)cc1. The van der Waals surface area contributed by atoms with Crippen molar-refractivity contribution >= 4 is 10.9 Å². The Morgan fingerprint density at radius 2 is 1.63 bits per heavy atom. The van der Waals surface area contributed by atoms with Crippen LogP contribution in [0.4, 0.5) is 13.2 Å². The summed E-state index contributed by atoms with van der Waals surface area (Å²) in [5.74, 6) is 0. The third-order valence-corrected chi connectivity index (χ3v) is 5.05. The van der Waals surface area contributed by atoms with Crippen molar-refractivity contribution < 1.29 is 13.2 Å². The number of halogens is 3. The van der Waals surface area contributed by atoms with Gasteiger partial charge in [0.1, 0.15) is 0 Å². The van der Waals surface area contributed by atoms with Gasteiger partial charge in [-0.15, -0.1) is 0 Å². The van der Waals surface area contributed by atoms with Crippen molar-refractivity contribution in [3.8, 4) is 0 Å². The fourth-order valence-corrected chi connectivity index (χ4v) is 3.74. The first-order valence-corrected chi connectivity index (χ1v) is 8.99. The zero-order valence-corrected chi connectivity index (χ0v) is 14.7. The first-order chi connectivity index (χ1) is 13.0. The maximum Gasteiger partial charge on any atom is 0.416 e. The van der Waals surface area contributed by atoms with Crippen LogP contribution in [-0.4, -0.2) is 36.1 Å². The van der Waals surface area contributed by atoms with Gasteiger partial charge in [-0.25, -0.2) is 0 Å². The van der Waals surface area contributed by atoms with E-state index in [-0.39, 0.29) is 6.04 Å². The van der Waals surface area contributed by atoms with Gasteiger partial charge in [0.25, 0.3) is 0 Å². The highest BCUT2D eigenvalue weighted by molar-refractivity contribution is 5.82. The standard InChI is InChI=1S/C21H20F3N3/c22-21(23,24)16-7-5-15(6-8-16)20(27-13-11-25-12-14-27)18-9-10-26-19-4-2-1-3-17(18)19/h1-10,20,25H,11-14H2. The lowest BCUT2D eigenvalue weighted by Crippen LogP contribution is -2.45. The molecule has 1 fully saturated rings. The summed E-state index contributed by atoms with van der Waals surface area (Å²) < 4.78 is 38.9. The quantitative estimate of drug-likeness (QED) is 0.746. The molecule has 0 saturated carbocycles. The summed E-state index contributed by atoms with van der Waals surface area (Å²) >= 11 is 0. The number of hydrogen-bond acceptors (Lipinski definition) is 3. The largest absolute Gasteiger partial charge is 0.416 e. The van der Waals surface area contributed by atoms with E-state index < -0.39 is 11.7 Å². The van der Waals surface area contributed by atoms with Crippen LogP contribution in [0.25, 0.3) is 10.9 Å². The maximum atomic E-state index is 13.0. The van der Waals surface area contributed by atoms with Gasteiger partial charge in [0.05, 0.1) is 17.1 Å². The van der Waals surface area contributed by atoms with Crippen molar-refractivity contribution in [2.24, 2.45) is 0 Å². The maximum absolute atomic E-state index is 13.0. The summed E-state index contributed by atoms with van der Waals surface area (Å²) in [6.45, 7) is 3.39. The van der Waals surface area contributed by atoms with E-state index in [2.05, 4.69) is 15.2 Å². The Kier molecular flexibility index (Phi) is 4.85. The molecule has 1 saturated heterocycles. The third-order valence-electron chi connectivity index (χ3n) is 5.05. The summed E-state index contributed by atoms with van der Waals surface area (Å²) in [4.78, 5) is 6.75.